The number of nitrogens with one attached hydrogen (secondary N) is 2. The van der Waals surface area contributed by atoms with Crippen molar-refractivity contribution in [2.24, 2.45) is 0 Å². The van der Waals surface area contributed by atoms with E-state index in [0.29, 0.717) is 38.8 Å². The largest absolute Gasteiger partial charge is 0.481 e. The smallest absolute Gasteiger partial charge is 0.303 e. The van der Waals surface area contributed by atoms with Crippen LogP contribution in [0.5, 0.6) is 0 Å². The van der Waals surface area contributed by atoms with Crippen LogP contribution in [0.1, 0.15) is 128 Å². The van der Waals surface area contributed by atoms with Crippen LogP contribution in [0.4, 0.5) is 0 Å². The molecule has 0 spiro atoms. The third kappa shape index (κ3) is 26.1. The molecule has 0 saturated heterocycles. The summed E-state index contributed by atoms with van der Waals surface area (Å²) in [6, 6.07) is 0. The van der Waals surface area contributed by atoms with Gasteiger partial charge in [0, 0.05) is 38.8 Å². The normalized spacial score (nSPS) is 10.7. The molecule has 0 fully saturated rings. The molecule has 0 aromatic rings. The van der Waals surface area contributed by atoms with E-state index in [1.165, 1.54) is 38.5 Å². The highest BCUT2D eigenvalue weighted by Crippen LogP contribution is 2.12. The highest BCUT2D eigenvalue weighted by molar-refractivity contribution is 5.76. The number of aliphatic carboxylic acids is 2. The number of carbonyl (C=O) groups is 4. The molecule has 8 heteroatoms. The van der Waals surface area contributed by atoms with Crippen molar-refractivity contribution < 1.29 is 29.4 Å². The highest BCUT2D eigenvalue weighted by Gasteiger charge is 2.03. The predicted octanol–water partition coefficient (Wildman–Crippen LogP) is 5.19. The molecule has 198 valence electrons. The van der Waals surface area contributed by atoms with Gasteiger partial charge in [-0.3, -0.25) is 19.2 Å². The van der Waals surface area contributed by atoms with Crippen LogP contribution in [0, 0.1) is 0 Å². The SMILES string of the molecule is O=C(O)CCCCCNC(=O)CCCCCCCCCCCCC(=O)NCCCCCC(=O)O. The lowest BCUT2D eigenvalue weighted by Crippen LogP contribution is -2.24. The zero-order valence-electron chi connectivity index (χ0n) is 21.1. The minimum absolute atomic E-state index is 0.0997. The second-order valence-corrected chi connectivity index (χ2v) is 9.14. The second-order valence-electron chi connectivity index (χ2n) is 9.14. The van der Waals surface area contributed by atoms with Gasteiger partial charge in [-0.05, 0) is 38.5 Å². The van der Waals surface area contributed by atoms with Crippen molar-refractivity contribution in [3.8, 4) is 0 Å². The van der Waals surface area contributed by atoms with E-state index in [1.807, 2.05) is 0 Å². The molecule has 0 aliphatic rings. The third-order valence-electron chi connectivity index (χ3n) is 5.84. The lowest BCUT2D eigenvalue weighted by molar-refractivity contribution is -0.138. The minimum atomic E-state index is -0.762. The Bertz CT molecular complexity index is 505. The van der Waals surface area contributed by atoms with Crippen LogP contribution >= 0.6 is 0 Å². The quantitative estimate of drug-likeness (QED) is 0.132. The fourth-order valence-electron chi connectivity index (χ4n) is 3.77. The molecule has 0 aliphatic carbocycles. The molecule has 0 atom stereocenters. The summed E-state index contributed by atoms with van der Waals surface area (Å²) in [5, 5.41) is 22.9. The van der Waals surface area contributed by atoms with Crippen LogP contribution in [-0.2, 0) is 19.2 Å². The van der Waals surface area contributed by atoms with Gasteiger partial charge in [-0.25, -0.2) is 0 Å². The van der Waals surface area contributed by atoms with Crippen molar-refractivity contribution in [2.45, 2.75) is 128 Å². The van der Waals surface area contributed by atoms with Crippen molar-refractivity contribution >= 4 is 23.8 Å². The van der Waals surface area contributed by atoms with Crippen LogP contribution in [0.3, 0.4) is 0 Å². The van der Waals surface area contributed by atoms with E-state index in [2.05, 4.69) is 10.6 Å². The first-order valence-corrected chi connectivity index (χ1v) is 13.4. The van der Waals surface area contributed by atoms with Gasteiger partial charge in [0.05, 0.1) is 0 Å². The van der Waals surface area contributed by atoms with Crippen LogP contribution in [-0.4, -0.2) is 47.1 Å². The molecule has 0 aromatic carbocycles. The molecule has 0 aromatic heterocycles. The predicted molar refractivity (Wildman–Crippen MR) is 134 cm³/mol. The number of carboxylic acids is 2. The van der Waals surface area contributed by atoms with E-state index < -0.39 is 11.9 Å². The maximum Gasteiger partial charge on any atom is 0.303 e. The molecular formula is C26H48N2O6. The number of rotatable bonds is 25. The van der Waals surface area contributed by atoms with Crippen molar-refractivity contribution in [1.29, 1.82) is 0 Å². The Morgan fingerprint density at radius 2 is 0.647 bits per heavy atom. The fourth-order valence-corrected chi connectivity index (χ4v) is 3.77. The number of unbranched alkanes of at least 4 members (excludes halogenated alkanes) is 13. The van der Waals surface area contributed by atoms with Gasteiger partial charge in [-0.2, -0.15) is 0 Å². The van der Waals surface area contributed by atoms with Crippen LogP contribution in [0.25, 0.3) is 0 Å². The Hall–Kier alpha value is -2.12. The van der Waals surface area contributed by atoms with Gasteiger partial charge in [-0.1, -0.05) is 64.2 Å². The number of amides is 2. The van der Waals surface area contributed by atoms with E-state index in [4.69, 9.17) is 10.2 Å². The van der Waals surface area contributed by atoms with Crippen LogP contribution in [0.15, 0.2) is 0 Å². The molecule has 0 aliphatic heterocycles. The summed E-state index contributed by atoms with van der Waals surface area (Å²) in [6.07, 6.45) is 17.5. The van der Waals surface area contributed by atoms with Gasteiger partial charge < -0.3 is 20.8 Å². The summed E-state index contributed by atoms with van der Waals surface area (Å²) in [6.45, 7) is 1.28. The molecule has 0 heterocycles. The second kappa shape index (κ2) is 24.0. The number of hydrogen-bond donors (Lipinski definition) is 4. The molecule has 0 bridgehead atoms. The van der Waals surface area contributed by atoms with Gasteiger partial charge in [-0.15, -0.1) is 0 Å². The van der Waals surface area contributed by atoms with Crippen molar-refractivity contribution in [3.05, 3.63) is 0 Å². The van der Waals surface area contributed by atoms with Crippen LogP contribution < -0.4 is 10.6 Å². The zero-order valence-corrected chi connectivity index (χ0v) is 21.1. The number of hydrogen-bond acceptors (Lipinski definition) is 4. The molecule has 0 radical (unpaired) electrons. The molecule has 8 nitrogen and oxygen atoms in total. The Labute approximate surface area is 205 Å². The summed E-state index contributed by atoms with van der Waals surface area (Å²) in [5.41, 5.74) is 0. The first kappa shape index (κ1) is 31.9. The van der Waals surface area contributed by atoms with Gasteiger partial charge in [0.1, 0.15) is 0 Å². The maximum absolute atomic E-state index is 11.7. The van der Waals surface area contributed by atoms with E-state index in [0.717, 1.165) is 51.4 Å². The standard InChI is InChI=1S/C26H48N2O6/c29-23(27-21-15-9-13-19-25(31)32)17-11-7-5-3-1-2-4-6-8-12-18-24(30)28-22-16-10-14-20-26(33)34/h1-22H2,(H,27,29)(H,28,30)(H,31,32)(H,33,34). The average Bonchev–Trinajstić information content (AvgIpc) is 2.78. The number of carboxylic acid groups (broad SMARTS) is 2. The van der Waals surface area contributed by atoms with E-state index in [-0.39, 0.29) is 24.7 Å². The minimum Gasteiger partial charge on any atom is -0.481 e. The summed E-state index contributed by atoms with van der Waals surface area (Å²) in [7, 11) is 0. The first-order chi connectivity index (χ1) is 16.4. The number of carbonyl (C=O) groups excluding carboxylic acids is 2. The van der Waals surface area contributed by atoms with Gasteiger partial charge >= 0.3 is 11.9 Å². The Morgan fingerprint density at radius 1 is 0.382 bits per heavy atom. The lowest BCUT2D eigenvalue weighted by Gasteiger charge is -2.06. The van der Waals surface area contributed by atoms with E-state index in [9.17, 15) is 19.2 Å². The summed E-state index contributed by atoms with van der Waals surface area (Å²) in [4.78, 5) is 44.3. The van der Waals surface area contributed by atoms with Crippen molar-refractivity contribution in [3.63, 3.8) is 0 Å². The summed E-state index contributed by atoms with van der Waals surface area (Å²) in [5.74, 6) is -1.33. The van der Waals surface area contributed by atoms with Crippen molar-refractivity contribution in [2.75, 3.05) is 13.1 Å². The van der Waals surface area contributed by atoms with Gasteiger partial charge in [0.25, 0.3) is 0 Å². The van der Waals surface area contributed by atoms with Crippen molar-refractivity contribution in [1.82, 2.24) is 10.6 Å². The Morgan fingerprint density at radius 3 is 0.971 bits per heavy atom. The van der Waals surface area contributed by atoms with Gasteiger partial charge in [0.2, 0.25) is 11.8 Å². The first-order valence-electron chi connectivity index (χ1n) is 13.4. The molecule has 0 saturated carbocycles. The fraction of sp³-hybridized carbons (Fsp3) is 0.846. The molecule has 0 rings (SSSR count). The summed E-state index contributed by atoms with van der Waals surface area (Å²) < 4.78 is 0. The van der Waals surface area contributed by atoms with Gasteiger partial charge in [0.15, 0.2) is 0 Å². The lowest BCUT2D eigenvalue weighted by atomic mass is 10.0. The Balaban J connectivity index is 3.26. The highest BCUT2D eigenvalue weighted by atomic mass is 16.4. The maximum atomic E-state index is 11.7. The summed E-state index contributed by atoms with van der Waals surface area (Å²) >= 11 is 0. The monoisotopic (exact) mass is 484 g/mol. The molecular weight excluding hydrogens is 436 g/mol. The topological polar surface area (TPSA) is 133 Å². The molecule has 0 unspecified atom stereocenters. The van der Waals surface area contributed by atoms with E-state index in [1.54, 1.807) is 0 Å². The third-order valence-corrected chi connectivity index (χ3v) is 5.84. The molecule has 4 N–H and O–H groups in total. The zero-order chi connectivity index (χ0) is 25.3. The van der Waals surface area contributed by atoms with Crippen LogP contribution in [0.2, 0.25) is 0 Å². The average molecular weight is 485 g/mol. The Kier molecular flexibility index (Phi) is 22.5. The molecule has 34 heavy (non-hydrogen) atoms. The van der Waals surface area contributed by atoms with E-state index >= 15 is 0 Å². The molecule has 2 amide bonds.